The van der Waals surface area contributed by atoms with Gasteiger partial charge in [-0.2, -0.15) is 0 Å². The smallest absolute Gasteiger partial charge is 0.322 e. The maximum atomic E-state index is 12.4. The maximum Gasteiger partial charge on any atom is 0.322 e. The van der Waals surface area contributed by atoms with Gasteiger partial charge in [0.2, 0.25) is 35.4 Å². The number of aliphatic carboxylic acids is 1. The number of rotatable bonds is 12. The molecular weight excluding hydrogens is 442 g/mol. The molecule has 1 fully saturated rings. The number of nitrogens with one attached hydrogen (secondary N) is 5. The van der Waals surface area contributed by atoms with Crippen molar-refractivity contribution in [2.24, 2.45) is 5.73 Å². The van der Waals surface area contributed by atoms with Crippen molar-refractivity contribution in [3.05, 3.63) is 0 Å². The predicted molar refractivity (Wildman–Crippen MR) is 111 cm³/mol. The zero-order valence-electron chi connectivity index (χ0n) is 18.1. The van der Waals surface area contributed by atoms with Gasteiger partial charge in [0.05, 0.1) is 26.2 Å². The molecule has 0 aliphatic carbocycles. The molecule has 0 unspecified atom stereocenters. The van der Waals surface area contributed by atoms with Crippen molar-refractivity contribution in [1.29, 1.82) is 0 Å². The number of hydrogen-bond donors (Lipinski definition) is 7. The number of likely N-dealkylation sites (tertiary alicyclic amines) is 1. The third-order valence-corrected chi connectivity index (χ3v) is 4.55. The standard InChI is InChI=1S/C18H29N7O8/c1-10(17(32)23-9-16(30)31)24-14(28)7-22-18(33)11-3-2-4-25(11)15(29)8-21-13(27)6-20-12(26)5-19/h10-11H,2-9,19H2,1H3,(H,20,26)(H,21,27)(H,22,33)(H,23,32)(H,24,28)(H,30,31)/t10-,11-/m0/s1. The third kappa shape index (κ3) is 9.94. The Hall–Kier alpha value is -3.75. The van der Waals surface area contributed by atoms with Crippen LogP contribution >= 0.6 is 0 Å². The molecule has 15 heteroatoms. The molecule has 0 saturated carbocycles. The molecule has 1 aliphatic rings. The van der Waals surface area contributed by atoms with Crippen LogP contribution in [0.4, 0.5) is 0 Å². The van der Waals surface area contributed by atoms with E-state index in [0.717, 1.165) is 0 Å². The van der Waals surface area contributed by atoms with Crippen LogP contribution in [-0.2, 0) is 33.6 Å². The quantitative estimate of drug-likeness (QED) is 0.144. The second kappa shape index (κ2) is 13.6. The maximum absolute atomic E-state index is 12.4. The SMILES string of the molecule is C[C@H](NC(=O)CNC(=O)[C@@H]1CCCN1C(=O)CNC(=O)CNC(=O)CN)C(=O)NCC(=O)O. The Morgan fingerprint density at radius 3 is 2.18 bits per heavy atom. The molecule has 6 amide bonds. The Labute approximate surface area is 189 Å². The minimum Gasteiger partial charge on any atom is -0.480 e. The van der Waals surface area contributed by atoms with Crippen LogP contribution in [-0.4, -0.2) is 103 Å². The fraction of sp³-hybridized carbons (Fsp3) is 0.611. The first-order valence-corrected chi connectivity index (χ1v) is 10.1. The molecule has 0 aromatic heterocycles. The Morgan fingerprint density at radius 2 is 1.55 bits per heavy atom. The lowest BCUT2D eigenvalue weighted by atomic mass is 10.2. The van der Waals surface area contributed by atoms with Gasteiger partial charge in [0.15, 0.2) is 0 Å². The van der Waals surface area contributed by atoms with Crippen molar-refractivity contribution in [2.45, 2.75) is 31.8 Å². The van der Waals surface area contributed by atoms with Crippen LogP contribution in [0.1, 0.15) is 19.8 Å². The van der Waals surface area contributed by atoms with E-state index in [0.29, 0.717) is 19.4 Å². The highest BCUT2D eigenvalue weighted by molar-refractivity contribution is 5.94. The predicted octanol–water partition coefficient (Wildman–Crippen LogP) is -5.01. The molecule has 0 radical (unpaired) electrons. The summed E-state index contributed by atoms with van der Waals surface area (Å²) in [5.41, 5.74) is 5.10. The third-order valence-electron chi connectivity index (χ3n) is 4.55. The first-order valence-electron chi connectivity index (χ1n) is 10.1. The summed E-state index contributed by atoms with van der Waals surface area (Å²) in [5, 5.41) is 19.9. The van der Waals surface area contributed by atoms with Gasteiger partial charge < -0.3 is 42.3 Å². The Balaban J connectivity index is 2.43. The van der Waals surface area contributed by atoms with Gasteiger partial charge in [-0.25, -0.2) is 0 Å². The van der Waals surface area contributed by atoms with Crippen molar-refractivity contribution >= 4 is 41.4 Å². The van der Waals surface area contributed by atoms with E-state index in [2.05, 4.69) is 26.6 Å². The topological polar surface area (TPSA) is 229 Å². The van der Waals surface area contributed by atoms with Crippen LogP contribution in [0.5, 0.6) is 0 Å². The van der Waals surface area contributed by atoms with E-state index in [9.17, 15) is 33.6 Å². The van der Waals surface area contributed by atoms with Crippen molar-refractivity contribution in [3.8, 4) is 0 Å². The number of amides is 6. The summed E-state index contributed by atoms with van der Waals surface area (Å²) in [6.07, 6.45) is 0.922. The molecule has 1 saturated heterocycles. The zero-order valence-corrected chi connectivity index (χ0v) is 18.1. The Morgan fingerprint density at radius 1 is 0.909 bits per heavy atom. The lowest BCUT2D eigenvalue weighted by Gasteiger charge is -2.24. The molecule has 0 spiro atoms. The van der Waals surface area contributed by atoms with E-state index in [1.807, 2.05) is 0 Å². The molecule has 0 bridgehead atoms. The van der Waals surface area contributed by atoms with E-state index in [4.69, 9.17) is 10.8 Å². The van der Waals surface area contributed by atoms with Crippen molar-refractivity contribution in [2.75, 3.05) is 39.3 Å². The number of carboxylic acids is 1. The molecule has 0 aromatic rings. The fourth-order valence-corrected chi connectivity index (χ4v) is 2.89. The number of hydrogen-bond acceptors (Lipinski definition) is 8. The Bertz CT molecular complexity index is 788. The highest BCUT2D eigenvalue weighted by Gasteiger charge is 2.34. The second-order valence-electron chi connectivity index (χ2n) is 7.12. The van der Waals surface area contributed by atoms with Gasteiger partial charge in [-0.05, 0) is 19.8 Å². The summed E-state index contributed by atoms with van der Waals surface area (Å²) < 4.78 is 0. The molecular formula is C18H29N7O8. The van der Waals surface area contributed by atoms with Gasteiger partial charge in [-0.15, -0.1) is 0 Å². The summed E-state index contributed by atoms with van der Waals surface area (Å²) in [5.74, 6) is -4.79. The summed E-state index contributed by atoms with van der Waals surface area (Å²) in [7, 11) is 0. The number of carboxylic acid groups (broad SMARTS) is 1. The number of carbonyl (C=O) groups is 7. The van der Waals surface area contributed by atoms with Gasteiger partial charge in [0, 0.05) is 6.54 Å². The molecule has 1 aliphatic heterocycles. The highest BCUT2D eigenvalue weighted by Crippen LogP contribution is 2.17. The first-order chi connectivity index (χ1) is 15.5. The molecule has 1 rings (SSSR count). The molecule has 2 atom stereocenters. The largest absolute Gasteiger partial charge is 0.480 e. The van der Waals surface area contributed by atoms with Crippen LogP contribution in [0.25, 0.3) is 0 Å². The van der Waals surface area contributed by atoms with Crippen LogP contribution in [0, 0.1) is 0 Å². The summed E-state index contributed by atoms with van der Waals surface area (Å²) in [6, 6.07) is -1.84. The van der Waals surface area contributed by atoms with E-state index in [1.165, 1.54) is 11.8 Å². The molecule has 1 heterocycles. The molecule has 33 heavy (non-hydrogen) atoms. The van der Waals surface area contributed by atoms with Crippen molar-refractivity contribution in [1.82, 2.24) is 31.5 Å². The average molecular weight is 471 g/mol. The summed E-state index contributed by atoms with van der Waals surface area (Å²) >= 11 is 0. The highest BCUT2D eigenvalue weighted by atomic mass is 16.4. The zero-order chi connectivity index (χ0) is 25.0. The first kappa shape index (κ1) is 27.3. The minimum atomic E-state index is -1.23. The normalized spacial score (nSPS) is 15.7. The van der Waals surface area contributed by atoms with Gasteiger partial charge in [0.25, 0.3) is 0 Å². The summed E-state index contributed by atoms with van der Waals surface area (Å²) in [6.45, 7) is -0.380. The second-order valence-corrected chi connectivity index (χ2v) is 7.12. The van der Waals surface area contributed by atoms with Gasteiger partial charge in [0.1, 0.15) is 18.6 Å². The number of nitrogens with zero attached hydrogens (tertiary/aromatic N) is 1. The van der Waals surface area contributed by atoms with E-state index >= 15 is 0 Å². The lowest BCUT2D eigenvalue weighted by Crippen LogP contribution is -2.52. The molecule has 15 nitrogen and oxygen atoms in total. The van der Waals surface area contributed by atoms with Crippen molar-refractivity contribution < 1.29 is 38.7 Å². The van der Waals surface area contributed by atoms with Crippen LogP contribution in [0.3, 0.4) is 0 Å². The van der Waals surface area contributed by atoms with Crippen LogP contribution in [0.15, 0.2) is 0 Å². The van der Waals surface area contributed by atoms with E-state index < -0.39 is 66.6 Å². The lowest BCUT2D eigenvalue weighted by molar-refractivity contribution is -0.139. The number of nitrogens with two attached hydrogens (primary N) is 1. The van der Waals surface area contributed by atoms with E-state index in [1.54, 1.807) is 0 Å². The van der Waals surface area contributed by atoms with E-state index in [-0.39, 0.29) is 19.6 Å². The summed E-state index contributed by atoms with van der Waals surface area (Å²) in [4.78, 5) is 82.9. The number of carbonyl (C=O) groups excluding carboxylic acids is 6. The van der Waals surface area contributed by atoms with Gasteiger partial charge in [-0.1, -0.05) is 0 Å². The molecule has 184 valence electrons. The fourth-order valence-electron chi connectivity index (χ4n) is 2.89. The average Bonchev–Trinajstić information content (AvgIpc) is 3.27. The van der Waals surface area contributed by atoms with Crippen LogP contribution in [0.2, 0.25) is 0 Å². The minimum absolute atomic E-state index is 0.272. The monoisotopic (exact) mass is 471 g/mol. The van der Waals surface area contributed by atoms with Crippen LogP contribution < -0.4 is 32.3 Å². The molecule has 8 N–H and O–H groups in total. The Kier molecular flexibility index (Phi) is 11.3. The van der Waals surface area contributed by atoms with Gasteiger partial charge >= 0.3 is 5.97 Å². The van der Waals surface area contributed by atoms with Crippen molar-refractivity contribution in [3.63, 3.8) is 0 Å². The van der Waals surface area contributed by atoms with Gasteiger partial charge in [-0.3, -0.25) is 33.6 Å². The molecule has 0 aromatic carbocycles.